The van der Waals surface area contributed by atoms with Crippen LogP contribution >= 0.6 is 0 Å². The van der Waals surface area contributed by atoms with Crippen LogP contribution in [0.2, 0.25) is 0 Å². The molecule has 2 aromatic heterocycles. The summed E-state index contributed by atoms with van der Waals surface area (Å²) in [7, 11) is 1.68. The number of aryl methyl sites for hydroxylation is 3. The molecule has 5 nitrogen and oxygen atoms in total. The maximum atomic E-state index is 12.9. The number of carbonyl (C=O) groups is 1. The Balaban J connectivity index is 2.13. The predicted molar refractivity (Wildman–Crippen MR) is 93.8 cm³/mol. The lowest BCUT2D eigenvalue weighted by Gasteiger charge is -2.13. The second-order valence-corrected chi connectivity index (χ2v) is 5.85. The quantitative estimate of drug-likeness (QED) is 0.734. The molecule has 0 aliphatic rings. The van der Waals surface area contributed by atoms with E-state index in [1.54, 1.807) is 16.2 Å². The second-order valence-electron chi connectivity index (χ2n) is 5.85. The van der Waals surface area contributed by atoms with E-state index < -0.39 is 0 Å². The highest BCUT2D eigenvalue weighted by atomic mass is 16.3. The first-order valence-corrected chi connectivity index (χ1v) is 8.01. The summed E-state index contributed by atoms with van der Waals surface area (Å²) in [5.41, 5.74) is 2.51. The standard InChI is InChI=1S/C19H20N2O3/c1-3-14-11-15-17(18(23)16(12-22)20(15)2)19(24)21(14)10-9-13-7-5-4-6-8-13/h4-8,11-12,23H,3,9-10H2,1-2H3. The van der Waals surface area contributed by atoms with E-state index in [-0.39, 0.29) is 22.4 Å². The van der Waals surface area contributed by atoms with Gasteiger partial charge in [-0.3, -0.25) is 9.59 Å². The van der Waals surface area contributed by atoms with E-state index in [1.807, 2.05) is 43.3 Å². The predicted octanol–water partition coefficient (Wildman–Crippen LogP) is 2.66. The molecule has 124 valence electrons. The maximum absolute atomic E-state index is 12.9. The fourth-order valence-corrected chi connectivity index (χ4v) is 3.15. The van der Waals surface area contributed by atoms with Gasteiger partial charge in [0.1, 0.15) is 11.1 Å². The highest BCUT2D eigenvalue weighted by Gasteiger charge is 2.19. The Bertz CT molecular complexity index is 952. The maximum Gasteiger partial charge on any atom is 0.264 e. The first-order chi connectivity index (χ1) is 11.6. The molecular weight excluding hydrogens is 304 g/mol. The molecule has 0 aliphatic heterocycles. The third-order valence-corrected chi connectivity index (χ3v) is 4.51. The molecule has 0 bridgehead atoms. The van der Waals surface area contributed by atoms with Crippen LogP contribution in [-0.4, -0.2) is 20.5 Å². The Hall–Kier alpha value is -2.82. The number of nitrogens with zero attached hydrogens (tertiary/aromatic N) is 2. The summed E-state index contributed by atoms with van der Waals surface area (Å²) in [5, 5.41) is 10.5. The van der Waals surface area contributed by atoms with Crippen molar-refractivity contribution in [1.29, 1.82) is 0 Å². The van der Waals surface area contributed by atoms with E-state index in [0.717, 1.165) is 17.7 Å². The van der Waals surface area contributed by atoms with Gasteiger partial charge in [-0.2, -0.15) is 0 Å². The van der Waals surface area contributed by atoms with Gasteiger partial charge in [0.05, 0.1) is 5.52 Å². The lowest BCUT2D eigenvalue weighted by atomic mass is 10.1. The molecule has 0 aliphatic carbocycles. The molecule has 0 amide bonds. The average molecular weight is 324 g/mol. The third kappa shape index (κ3) is 2.52. The van der Waals surface area contributed by atoms with Crippen LogP contribution in [0.25, 0.3) is 10.9 Å². The van der Waals surface area contributed by atoms with E-state index in [0.29, 0.717) is 24.8 Å². The van der Waals surface area contributed by atoms with Gasteiger partial charge in [0.25, 0.3) is 5.56 Å². The Morgan fingerprint density at radius 1 is 1.21 bits per heavy atom. The number of rotatable bonds is 5. The molecule has 0 saturated carbocycles. The molecular formula is C19H20N2O3. The van der Waals surface area contributed by atoms with Crippen LogP contribution in [0.1, 0.15) is 28.7 Å². The van der Waals surface area contributed by atoms with Crippen molar-refractivity contribution in [2.45, 2.75) is 26.3 Å². The number of aromatic hydroxyl groups is 1. The SMILES string of the molecule is CCc1cc2c(c(O)c(C=O)n2C)c(=O)n1CCc1ccccc1. The molecule has 0 saturated heterocycles. The van der Waals surface area contributed by atoms with Gasteiger partial charge in [-0.1, -0.05) is 37.3 Å². The van der Waals surface area contributed by atoms with Crippen molar-refractivity contribution in [3.8, 4) is 5.75 Å². The second kappa shape index (κ2) is 6.35. The average Bonchev–Trinajstić information content (AvgIpc) is 2.85. The van der Waals surface area contributed by atoms with Crippen molar-refractivity contribution in [1.82, 2.24) is 9.13 Å². The fourth-order valence-electron chi connectivity index (χ4n) is 3.15. The molecule has 0 fully saturated rings. The zero-order chi connectivity index (χ0) is 17.3. The normalized spacial score (nSPS) is 11.1. The molecule has 24 heavy (non-hydrogen) atoms. The van der Waals surface area contributed by atoms with Crippen molar-refractivity contribution >= 4 is 17.2 Å². The summed E-state index contributed by atoms with van der Waals surface area (Å²) in [6.07, 6.45) is 2.00. The van der Waals surface area contributed by atoms with Gasteiger partial charge in [0.2, 0.25) is 0 Å². The summed E-state index contributed by atoms with van der Waals surface area (Å²) in [5.74, 6) is -0.233. The molecule has 3 rings (SSSR count). The van der Waals surface area contributed by atoms with E-state index in [1.165, 1.54) is 0 Å². The van der Waals surface area contributed by atoms with Gasteiger partial charge in [-0.25, -0.2) is 0 Å². The summed E-state index contributed by atoms with van der Waals surface area (Å²) in [6, 6.07) is 11.8. The van der Waals surface area contributed by atoms with Crippen LogP contribution < -0.4 is 5.56 Å². The molecule has 0 radical (unpaired) electrons. The molecule has 0 atom stereocenters. The van der Waals surface area contributed by atoms with Crippen molar-refractivity contribution in [3.05, 3.63) is 63.7 Å². The topological polar surface area (TPSA) is 64.2 Å². The minimum Gasteiger partial charge on any atom is -0.505 e. The summed E-state index contributed by atoms with van der Waals surface area (Å²) in [4.78, 5) is 24.1. The number of benzene rings is 1. The first-order valence-electron chi connectivity index (χ1n) is 8.01. The minimum absolute atomic E-state index is 0.130. The lowest BCUT2D eigenvalue weighted by Crippen LogP contribution is -2.24. The highest BCUT2D eigenvalue weighted by molar-refractivity contribution is 5.95. The first kappa shape index (κ1) is 16.1. The van der Waals surface area contributed by atoms with Gasteiger partial charge >= 0.3 is 0 Å². The molecule has 1 N–H and O–H groups in total. The number of hydrogen-bond acceptors (Lipinski definition) is 3. The molecule has 5 heteroatoms. The molecule has 0 spiro atoms. The number of aromatic nitrogens is 2. The van der Waals surface area contributed by atoms with Gasteiger partial charge < -0.3 is 14.2 Å². The summed E-state index contributed by atoms with van der Waals surface area (Å²) >= 11 is 0. The van der Waals surface area contributed by atoms with Crippen LogP contribution in [0.4, 0.5) is 0 Å². The third-order valence-electron chi connectivity index (χ3n) is 4.51. The van der Waals surface area contributed by atoms with Gasteiger partial charge in [0.15, 0.2) is 12.0 Å². The van der Waals surface area contributed by atoms with Crippen LogP contribution in [0, 0.1) is 0 Å². The van der Waals surface area contributed by atoms with Crippen LogP contribution in [0.3, 0.4) is 0 Å². The van der Waals surface area contributed by atoms with Crippen molar-refractivity contribution in [2.75, 3.05) is 0 Å². The largest absolute Gasteiger partial charge is 0.505 e. The van der Waals surface area contributed by atoms with Crippen molar-refractivity contribution in [3.63, 3.8) is 0 Å². The number of hydrogen-bond donors (Lipinski definition) is 1. The molecule has 2 heterocycles. The smallest absolute Gasteiger partial charge is 0.264 e. The zero-order valence-corrected chi connectivity index (χ0v) is 13.8. The van der Waals surface area contributed by atoms with E-state index in [4.69, 9.17) is 0 Å². The summed E-state index contributed by atoms with van der Waals surface area (Å²) in [6.45, 7) is 2.52. The van der Waals surface area contributed by atoms with Crippen LogP contribution in [0.5, 0.6) is 5.75 Å². The van der Waals surface area contributed by atoms with Gasteiger partial charge in [-0.15, -0.1) is 0 Å². The zero-order valence-electron chi connectivity index (χ0n) is 13.8. The summed E-state index contributed by atoms with van der Waals surface area (Å²) < 4.78 is 3.27. The minimum atomic E-state index is -0.249. The molecule has 3 aromatic rings. The van der Waals surface area contributed by atoms with Crippen LogP contribution in [-0.2, 0) is 26.4 Å². The Labute approximate surface area is 139 Å². The number of fused-ring (bicyclic) bond motifs is 1. The Morgan fingerprint density at radius 2 is 1.92 bits per heavy atom. The molecule has 0 unspecified atom stereocenters. The van der Waals surface area contributed by atoms with Crippen molar-refractivity contribution < 1.29 is 9.90 Å². The monoisotopic (exact) mass is 324 g/mol. The Kier molecular flexibility index (Phi) is 4.25. The highest BCUT2D eigenvalue weighted by Crippen LogP contribution is 2.28. The Morgan fingerprint density at radius 3 is 2.54 bits per heavy atom. The number of carbonyl (C=O) groups excluding carboxylic acids is 1. The lowest BCUT2D eigenvalue weighted by molar-refractivity contribution is 0.111. The van der Waals surface area contributed by atoms with E-state index >= 15 is 0 Å². The van der Waals surface area contributed by atoms with Crippen molar-refractivity contribution in [2.24, 2.45) is 7.05 Å². The number of aldehydes is 1. The van der Waals surface area contributed by atoms with E-state index in [9.17, 15) is 14.7 Å². The van der Waals surface area contributed by atoms with Gasteiger partial charge in [-0.05, 0) is 24.5 Å². The van der Waals surface area contributed by atoms with Gasteiger partial charge in [0, 0.05) is 19.3 Å². The fraction of sp³-hybridized carbons (Fsp3) is 0.263. The van der Waals surface area contributed by atoms with Crippen LogP contribution in [0.15, 0.2) is 41.2 Å². The number of pyridine rings is 1. The molecule has 1 aromatic carbocycles. The van der Waals surface area contributed by atoms with E-state index in [2.05, 4.69) is 0 Å².